The predicted molar refractivity (Wildman–Crippen MR) is 110 cm³/mol. The van der Waals surface area contributed by atoms with E-state index < -0.39 is 0 Å². The molecule has 1 aliphatic carbocycles. The number of nitrogens with zero attached hydrogens (tertiary/aromatic N) is 3. The molecule has 1 aromatic heterocycles. The molecule has 29 heavy (non-hydrogen) atoms. The second-order valence-electron chi connectivity index (χ2n) is 9.59. The van der Waals surface area contributed by atoms with Crippen molar-refractivity contribution in [3.8, 4) is 0 Å². The quantitative estimate of drug-likeness (QED) is 0.570. The second-order valence-corrected chi connectivity index (χ2v) is 9.59. The van der Waals surface area contributed by atoms with Gasteiger partial charge in [0, 0.05) is 38.6 Å². The van der Waals surface area contributed by atoms with Crippen LogP contribution in [0.3, 0.4) is 0 Å². The summed E-state index contributed by atoms with van der Waals surface area (Å²) in [7, 11) is 1.92. The molecule has 0 radical (unpaired) electrons. The van der Waals surface area contributed by atoms with E-state index in [1.807, 2.05) is 24.1 Å². The van der Waals surface area contributed by atoms with Crippen molar-refractivity contribution in [3.63, 3.8) is 0 Å². The predicted octanol–water partition coefficient (Wildman–Crippen LogP) is 0.357. The first-order valence-corrected chi connectivity index (χ1v) is 10.9. The molecule has 3 aliphatic heterocycles. The van der Waals surface area contributed by atoms with Gasteiger partial charge in [-0.1, -0.05) is 6.92 Å². The van der Waals surface area contributed by atoms with E-state index in [1.54, 1.807) is 12.4 Å². The van der Waals surface area contributed by atoms with Crippen LogP contribution in [0.4, 0.5) is 0 Å². The maximum Gasteiger partial charge on any atom is 0.232 e. The molecule has 1 amide bonds. The van der Waals surface area contributed by atoms with Gasteiger partial charge in [-0.3, -0.25) is 20.0 Å². The Balaban J connectivity index is 1.28. The smallest absolute Gasteiger partial charge is 0.232 e. The highest BCUT2D eigenvalue weighted by Crippen LogP contribution is 2.48. The average Bonchev–Trinajstić information content (AvgIpc) is 3.27. The number of aromatic nitrogens is 1. The summed E-state index contributed by atoms with van der Waals surface area (Å²) in [6.45, 7) is 4.29. The number of nitrogens with one attached hydrogen (secondary N) is 3. The van der Waals surface area contributed by atoms with Gasteiger partial charge in [0.05, 0.1) is 18.1 Å². The van der Waals surface area contributed by atoms with Gasteiger partial charge in [-0.05, 0) is 54.7 Å². The van der Waals surface area contributed by atoms with Crippen molar-refractivity contribution in [2.75, 3.05) is 20.1 Å². The van der Waals surface area contributed by atoms with Crippen molar-refractivity contribution in [2.24, 2.45) is 23.0 Å². The Kier molecular flexibility index (Phi) is 4.87. The molecule has 3 saturated heterocycles. The summed E-state index contributed by atoms with van der Waals surface area (Å²) in [5.74, 6) is 0.719. The minimum Gasteiger partial charge on any atom is -0.327 e. The van der Waals surface area contributed by atoms with Gasteiger partial charge < -0.3 is 10.6 Å². The van der Waals surface area contributed by atoms with Crippen LogP contribution in [0.1, 0.15) is 44.2 Å². The lowest BCUT2D eigenvalue weighted by Gasteiger charge is -2.50. The van der Waals surface area contributed by atoms with Gasteiger partial charge in [-0.25, -0.2) is 10.9 Å². The number of carbonyl (C=O) groups is 1. The molecule has 4 fully saturated rings. The van der Waals surface area contributed by atoms with Crippen molar-refractivity contribution in [1.82, 2.24) is 31.0 Å². The highest BCUT2D eigenvalue weighted by Gasteiger charge is 2.51. The molecule has 1 aromatic rings. The average molecular weight is 400 g/mol. The molecule has 4 aliphatic rings. The number of hydrazine groups is 1. The van der Waals surface area contributed by atoms with Crippen LogP contribution in [0.15, 0.2) is 24.5 Å². The van der Waals surface area contributed by atoms with E-state index in [0.29, 0.717) is 11.5 Å². The largest absolute Gasteiger partial charge is 0.327 e. The molecule has 4 unspecified atom stereocenters. The fourth-order valence-corrected chi connectivity index (χ4v) is 6.22. The Morgan fingerprint density at radius 1 is 1.21 bits per heavy atom. The van der Waals surface area contributed by atoms with Crippen molar-refractivity contribution in [2.45, 2.75) is 57.1 Å². The third-order valence-corrected chi connectivity index (χ3v) is 7.84. The van der Waals surface area contributed by atoms with Crippen LogP contribution >= 0.6 is 0 Å². The van der Waals surface area contributed by atoms with E-state index in [0.717, 1.165) is 43.8 Å². The number of hydrogen-bond donors (Lipinski definition) is 4. The lowest BCUT2D eigenvalue weighted by Crippen LogP contribution is -2.70. The van der Waals surface area contributed by atoms with E-state index in [1.165, 1.54) is 6.42 Å². The molecular weight excluding hydrogens is 366 g/mol. The monoisotopic (exact) mass is 399 g/mol. The van der Waals surface area contributed by atoms with Crippen molar-refractivity contribution < 1.29 is 4.79 Å². The number of hydrogen-bond acceptors (Lipinski definition) is 7. The number of rotatable bonds is 2. The highest BCUT2D eigenvalue weighted by atomic mass is 16.2. The minimum atomic E-state index is -0.182. The molecule has 8 nitrogen and oxygen atoms in total. The summed E-state index contributed by atoms with van der Waals surface area (Å²) in [5.41, 5.74) is 14.5. The van der Waals surface area contributed by atoms with Crippen LogP contribution in [0.5, 0.6) is 0 Å². The second kappa shape index (κ2) is 7.28. The van der Waals surface area contributed by atoms with Crippen LogP contribution in [0, 0.1) is 17.3 Å². The van der Waals surface area contributed by atoms with Crippen LogP contribution in [0.25, 0.3) is 0 Å². The van der Waals surface area contributed by atoms with E-state index >= 15 is 0 Å². The Labute approximate surface area is 172 Å². The Bertz CT molecular complexity index is 751. The van der Waals surface area contributed by atoms with Gasteiger partial charge >= 0.3 is 0 Å². The number of likely N-dealkylation sites (tertiary alicyclic amines) is 1. The van der Waals surface area contributed by atoms with Gasteiger partial charge in [0.2, 0.25) is 5.91 Å². The number of amides is 1. The number of carbonyl (C=O) groups excluding carboxylic acids is 1. The molecule has 1 saturated carbocycles. The summed E-state index contributed by atoms with van der Waals surface area (Å²) >= 11 is 0. The topological polar surface area (TPSA) is 98.5 Å². The Morgan fingerprint density at radius 3 is 2.59 bits per heavy atom. The van der Waals surface area contributed by atoms with E-state index in [4.69, 9.17) is 5.73 Å². The zero-order chi connectivity index (χ0) is 20.2. The maximum atomic E-state index is 13.3. The van der Waals surface area contributed by atoms with Crippen molar-refractivity contribution in [3.05, 3.63) is 30.1 Å². The lowest BCUT2D eigenvalue weighted by atomic mass is 9.74. The number of pyridine rings is 1. The van der Waals surface area contributed by atoms with Gasteiger partial charge in [-0.15, -0.1) is 0 Å². The summed E-state index contributed by atoms with van der Waals surface area (Å²) in [4.78, 5) is 21.7. The first-order valence-electron chi connectivity index (χ1n) is 10.9. The summed E-state index contributed by atoms with van der Waals surface area (Å²) < 4.78 is 0. The SMILES string of the molecule is C[C@H]1C[C@@H](N)C2(CCN(C3NC4NNC(c5ccncc5)C4C(=O)N3C)CC2)C1. The van der Waals surface area contributed by atoms with Gasteiger partial charge in [-0.2, -0.15) is 0 Å². The summed E-state index contributed by atoms with van der Waals surface area (Å²) in [6.07, 6.45) is 8.02. The number of nitrogens with two attached hydrogens (primary N) is 1. The summed E-state index contributed by atoms with van der Waals surface area (Å²) in [6, 6.07) is 4.20. The number of piperidine rings is 1. The third kappa shape index (κ3) is 3.18. The first kappa shape index (κ1) is 19.4. The lowest BCUT2D eigenvalue weighted by molar-refractivity contribution is -0.151. The number of fused-ring (bicyclic) bond motifs is 1. The van der Waals surface area contributed by atoms with E-state index in [-0.39, 0.29) is 30.3 Å². The molecule has 6 atom stereocenters. The van der Waals surface area contributed by atoms with Gasteiger partial charge in [0.15, 0.2) is 0 Å². The molecule has 158 valence electrons. The standard InChI is InChI=1S/C21H33N7O/c1-13-11-15(22)21(12-13)5-9-28(10-6-21)20-24-18-16(19(29)27(20)2)17(25-26-18)14-3-7-23-8-4-14/h3-4,7-8,13,15-18,20,24-26H,5-6,9-12,22H2,1-2H3/t13-,15+,16?,17?,18?,20?/m0/s1. The van der Waals surface area contributed by atoms with Crippen LogP contribution < -0.4 is 21.9 Å². The minimum absolute atomic E-state index is 0.0611. The fraction of sp³-hybridized carbons (Fsp3) is 0.714. The zero-order valence-corrected chi connectivity index (χ0v) is 17.3. The first-order chi connectivity index (χ1) is 14.0. The molecule has 8 heteroatoms. The van der Waals surface area contributed by atoms with Crippen LogP contribution in [-0.2, 0) is 4.79 Å². The third-order valence-electron chi connectivity index (χ3n) is 7.84. The molecule has 1 spiro atoms. The van der Waals surface area contributed by atoms with E-state index in [9.17, 15) is 4.79 Å². The molecular formula is C21H33N7O. The van der Waals surface area contributed by atoms with Crippen LogP contribution in [0.2, 0.25) is 0 Å². The molecule has 5 rings (SSSR count). The Morgan fingerprint density at radius 2 is 1.93 bits per heavy atom. The van der Waals surface area contributed by atoms with Crippen LogP contribution in [-0.4, -0.2) is 59.3 Å². The van der Waals surface area contributed by atoms with Crippen molar-refractivity contribution >= 4 is 5.91 Å². The molecule has 5 N–H and O–H groups in total. The fourth-order valence-electron chi connectivity index (χ4n) is 6.22. The highest BCUT2D eigenvalue weighted by molar-refractivity contribution is 5.81. The van der Waals surface area contributed by atoms with E-state index in [2.05, 4.69) is 33.0 Å². The van der Waals surface area contributed by atoms with Gasteiger partial charge in [0.25, 0.3) is 0 Å². The Hall–Kier alpha value is -1.58. The molecule has 0 bridgehead atoms. The van der Waals surface area contributed by atoms with Gasteiger partial charge in [0.1, 0.15) is 6.29 Å². The van der Waals surface area contributed by atoms with Crippen molar-refractivity contribution in [1.29, 1.82) is 0 Å². The normalized spacial score (nSPS) is 39.8. The maximum absolute atomic E-state index is 13.3. The molecule has 4 heterocycles. The zero-order valence-electron chi connectivity index (χ0n) is 17.3. The molecule has 0 aromatic carbocycles. The summed E-state index contributed by atoms with van der Waals surface area (Å²) in [5, 5.41) is 3.67.